The molecule has 2 N–H and O–H groups in total. The van der Waals surface area contributed by atoms with Gasteiger partial charge in [-0.25, -0.2) is 0 Å². The van der Waals surface area contributed by atoms with Crippen molar-refractivity contribution in [3.05, 3.63) is 29.8 Å². The lowest BCUT2D eigenvalue weighted by Gasteiger charge is -2.22. The van der Waals surface area contributed by atoms with Crippen LogP contribution in [0.1, 0.15) is 37.7 Å². The summed E-state index contributed by atoms with van der Waals surface area (Å²) in [6.07, 6.45) is 7.10. The Bertz CT molecular complexity index is 468. The fourth-order valence-corrected chi connectivity index (χ4v) is 2.30. The zero-order valence-corrected chi connectivity index (χ0v) is 11.4. The Balaban J connectivity index is 1.70. The minimum atomic E-state index is -0.147. The summed E-state index contributed by atoms with van der Waals surface area (Å²) in [5, 5.41) is 16.1. The van der Waals surface area contributed by atoms with E-state index in [9.17, 15) is 9.90 Å². The Kier molecular flexibility index (Phi) is 5.41. The summed E-state index contributed by atoms with van der Waals surface area (Å²) in [4.78, 5) is 16.6. The number of carbonyl (C=O) groups excluding carboxylic acids is 1. The number of nitrogens with one attached hydrogen (secondary N) is 1. The van der Waals surface area contributed by atoms with Crippen LogP contribution >= 0.6 is 0 Å². The van der Waals surface area contributed by atoms with Gasteiger partial charge in [-0.1, -0.05) is 36.6 Å². The first-order valence-corrected chi connectivity index (χ1v) is 6.98. The molecule has 0 radical (unpaired) electrons. The first kappa shape index (κ1) is 14.4. The predicted molar refractivity (Wildman–Crippen MR) is 76.7 cm³/mol. The maximum atomic E-state index is 11.6. The highest BCUT2D eigenvalue weighted by Crippen LogP contribution is 2.17. The first-order valence-electron chi connectivity index (χ1n) is 6.98. The summed E-state index contributed by atoms with van der Waals surface area (Å²) in [6.45, 7) is -0.0966. The molecule has 1 amide bonds. The van der Waals surface area contributed by atoms with Gasteiger partial charge in [0.05, 0.1) is 6.21 Å². The van der Waals surface area contributed by atoms with Crippen molar-refractivity contribution in [3.8, 4) is 5.75 Å². The van der Waals surface area contributed by atoms with Crippen molar-refractivity contribution >= 4 is 12.1 Å². The van der Waals surface area contributed by atoms with Gasteiger partial charge in [0.1, 0.15) is 5.75 Å². The number of rotatable bonds is 5. The average Bonchev–Trinajstić information content (AvgIpc) is 2.46. The van der Waals surface area contributed by atoms with Gasteiger partial charge in [-0.05, 0) is 25.0 Å². The van der Waals surface area contributed by atoms with Gasteiger partial charge in [0.25, 0.3) is 5.91 Å². The van der Waals surface area contributed by atoms with E-state index in [2.05, 4.69) is 10.5 Å². The van der Waals surface area contributed by atoms with E-state index in [1.165, 1.54) is 25.5 Å². The fraction of sp³-hybridized carbons (Fsp3) is 0.467. The smallest absolute Gasteiger partial charge is 0.260 e. The van der Waals surface area contributed by atoms with Crippen LogP contribution in [0.2, 0.25) is 0 Å². The number of benzene rings is 1. The van der Waals surface area contributed by atoms with E-state index in [-0.39, 0.29) is 24.3 Å². The Labute approximate surface area is 118 Å². The molecule has 108 valence electrons. The van der Waals surface area contributed by atoms with Gasteiger partial charge >= 0.3 is 0 Å². The molecule has 0 bridgehead atoms. The third kappa shape index (κ3) is 4.57. The molecule has 0 spiro atoms. The van der Waals surface area contributed by atoms with Crippen molar-refractivity contribution in [1.82, 2.24) is 5.32 Å². The maximum Gasteiger partial charge on any atom is 0.260 e. The van der Waals surface area contributed by atoms with Crippen molar-refractivity contribution in [2.24, 2.45) is 5.16 Å². The SMILES string of the molecule is O=C(CON=Cc1ccccc1O)NC1CCCCC1. The molecule has 1 aliphatic rings. The lowest BCUT2D eigenvalue weighted by molar-refractivity contribution is -0.126. The summed E-state index contributed by atoms with van der Waals surface area (Å²) in [5.41, 5.74) is 0.556. The van der Waals surface area contributed by atoms with Gasteiger partial charge in [-0.3, -0.25) is 4.79 Å². The van der Waals surface area contributed by atoms with Gasteiger partial charge in [0.15, 0.2) is 6.61 Å². The number of hydrogen-bond acceptors (Lipinski definition) is 4. The lowest BCUT2D eigenvalue weighted by Crippen LogP contribution is -2.38. The van der Waals surface area contributed by atoms with Crippen molar-refractivity contribution in [2.45, 2.75) is 38.1 Å². The second-order valence-electron chi connectivity index (χ2n) is 4.97. The van der Waals surface area contributed by atoms with Gasteiger partial charge < -0.3 is 15.3 Å². The molecule has 0 atom stereocenters. The van der Waals surface area contributed by atoms with Crippen LogP contribution in [0.4, 0.5) is 0 Å². The summed E-state index contributed by atoms with van der Waals surface area (Å²) in [6, 6.07) is 7.07. The predicted octanol–water partition coefficient (Wildman–Crippen LogP) is 2.19. The van der Waals surface area contributed by atoms with E-state index in [0.29, 0.717) is 5.56 Å². The van der Waals surface area contributed by atoms with Gasteiger partial charge in [-0.2, -0.15) is 0 Å². The molecule has 1 saturated carbocycles. The normalized spacial score (nSPS) is 16.2. The van der Waals surface area contributed by atoms with Crippen molar-refractivity contribution < 1.29 is 14.7 Å². The molecule has 20 heavy (non-hydrogen) atoms. The molecule has 0 unspecified atom stereocenters. The van der Waals surface area contributed by atoms with Gasteiger partial charge in [-0.15, -0.1) is 0 Å². The van der Waals surface area contributed by atoms with Gasteiger partial charge in [0, 0.05) is 11.6 Å². The molecule has 0 saturated heterocycles. The van der Waals surface area contributed by atoms with Crippen LogP contribution in [-0.4, -0.2) is 29.9 Å². The quantitative estimate of drug-likeness (QED) is 0.639. The number of nitrogens with zero attached hydrogens (tertiary/aromatic N) is 1. The summed E-state index contributed by atoms with van der Waals surface area (Å²) in [5.74, 6) is -0.0159. The Hall–Kier alpha value is -2.04. The summed E-state index contributed by atoms with van der Waals surface area (Å²) >= 11 is 0. The van der Waals surface area contributed by atoms with Crippen LogP contribution in [-0.2, 0) is 9.63 Å². The molecule has 1 aromatic rings. The minimum Gasteiger partial charge on any atom is -0.507 e. The molecule has 5 nitrogen and oxygen atoms in total. The fourth-order valence-electron chi connectivity index (χ4n) is 2.30. The zero-order valence-electron chi connectivity index (χ0n) is 11.4. The standard InChI is InChI=1S/C15H20N2O3/c18-14-9-5-4-6-12(14)10-16-20-11-15(19)17-13-7-2-1-3-8-13/h4-6,9-10,13,18H,1-3,7-8,11H2,(H,17,19). The second-order valence-corrected chi connectivity index (χ2v) is 4.97. The molecule has 0 heterocycles. The van der Waals surface area contributed by atoms with E-state index in [1.54, 1.807) is 24.3 Å². The molecule has 1 aromatic carbocycles. The maximum absolute atomic E-state index is 11.6. The minimum absolute atomic E-state index is 0.0966. The molecule has 1 fully saturated rings. The van der Waals surface area contributed by atoms with Crippen LogP contribution in [0.25, 0.3) is 0 Å². The summed E-state index contributed by atoms with van der Waals surface area (Å²) < 4.78 is 0. The molecular formula is C15H20N2O3. The Morgan fingerprint density at radius 3 is 2.85 bits per heavy atom. The molecule has 2 rings (SSSR count). The van der Waals surface area contributed by atoms with Crippen LogP contribution in [0.5, 0.6) is 5.75 Å². The number of aromatic hydroxyl groups is 1. The van der Waals surface area contributed by atoms with Crippen LogP contribution < -0.4 is 5.32 Å². The van der Waals surface area contributed by atoms with E-state index >= 15 is 0 Å². The highest BCUT2D eigenvalue weighted by atomic mass is 16.6. The monoisotopic (exact) mass is 276 g/mol. The molecule has 5 heteroatoms. The molecule has 0 aliphatic heterocycles. The van der Waals surface area contributed by atoms with Crippen LogP contribution in [0.3, 0.4) is 0 Å². The van der Waals surface area contributed by atoms with E-state index in [4.69, 9.17) is 4.84 Å². The lowest BCUT2D eigenvalue weighted by atomic mass is 9.95. The second kappa shape index (κ2) is 7.53. The molecule has 1 aliphatic carbocycles. The van der Waals surface area contributed by atoms with Crippen LogP contribution in [0, 0.1) is 0 Å². The number of phenols is 1. The third-order valence-corrected chi connectivity index (χ3v) is 3.37. The van der Waals surface area contributed by atoms with E-state index in [1.807, 2.05) is 0 Å². The first-order chi connectivity index (χ1) is 9.75. The van der Waals surface area contributed by atoms with Crippen molar-refractivity contribution in [3.63, 3.8) is 0 Å². The third-order valence-electron chi connectivity index (χ3n) is 3.37. The number of oxime groups is 1. The van der Waals surface area contributed by atoms with Crippen molar-refractivity contribution in [2.75, 3.05) is 6.61 Å². The Morgan fingerprint density at radius 2 is 2.10 bits per heavy atom. The average molecular weight is 276 g/mol. The largest absolute Gasteiger partial charge is 0.507 e. The van der Waals surface area contributed by atoms with E-state index < -0.39 is 0 Å². The number of hydrogen-bond donors (Lipinski definition) is 2. The van der Waals surface area contributed by atoms with Crippen LogP contribution in [0.15, 0.2) is 29.4 Å². The number of amides is 1. The van der Waals surface area contributed by atoms with E-state index in [0.717, 1.165) is 12.8 Å². The number of phenolic OH excluding ortho intramolecular Hbond substituents is 1. The Morgan fingerprint density at radius 1 is 1.35 bits per heavy atom. The zero-order chi connectivity index (χ0) is 14.2. The van der Waals surface area contributed by atoms with Crippen molar-refractivity contribution in [1.29, 1.82) is 0 Å². The highest BCUT2D eigenvalue weighted by Gasteiger charge is 2.15. The molecular weight excluding hydrogens is 256 g/mol. The van der Waals surface area contributed by atoms with Gasteiger partial charge in [0.2, 0.25) is 0 Å². The molecule has 0 aromatic heterocycles. The summed E-state index contributed by atoms with van der Waals surface area (Å²) in [7, 11) is 0. The topological polar surface area (TPSA) is 70.9 Å². The number of para-hydroxylation sites is 1. The number of carbonyl (C=O) groups is 1. The highest BCUT2D eigenvalue weighted by molar-refractivity contribution is 5.83.